The molecule has 1 aliphatic heterocycles. The van der Waals surface area contributed by atoms with Crippen LogP contribution in [0.15, 0.2) is 0 Å². The first kappa shape index (κ1) is 9.16. The van der Waals surface area contributed by atoms with Crippen molar-refractivity contribution < 1.29 is 9.53 Å². The van der Waals surface area contributed by atoms with Gasteiger partial charge in [-0.3, -0.25) is 9.69 Å². The number of ketones is 1. The van der Waals surface area contributed by atoms with Gasteiger partial charge in [-0.05, 0) is 26.2 Å². The number of rotatable bonds is 2. The molecule has 1 saturated carbocycles. The van der Waals surface area contributed by atoms with Gasteiger partial charge >= 0.3 is 0 Å². The minimum atomic E-state index is 0.271. The molecule has 2 aliphatic rings. The molecule has 2 unspecified atom stereocenters. The van der Waals surface area contributed by atoms with Crippen LogP contribution in [0.2, 0.25) is 0 Å². The molecule has 74 valence electrons. The van der Waals surface area contributed by atoms with E-state index in [1.807, 2.05) is 0 Å². The van der Waals surface area contributed by atoms with Crippen LogP contribution in [0.25, 0.3) is 0 Å². The molecule has 0 spiro atoms. The van der Waals surface area contributed by atoms with E-state index in [1.165, 1.54) is 19.3 Å². The van der Waals surface area contributed by atoms with E-state index in [0.717, 1.165) is 13.2 Å². The predicted molar refractivity (Wildman–Crippen MR) is 49.6 cm³/mol. The lowest BCUT2D eigenvalue weighted by Crippen LogP contribution is -2.49. The summed E-state index contributed by atoms with van der Waals surface area (Å²) in [5.74, 6) is 0.271. The van der Waals surface area contributed by atoms with Gasteiger partial charge in [-0.2, -0.15) is 0 Å². The van der Waals surface area contributed by atoms with Gasteiger partial charge in [0.05, 0.1) is 19.3 Å². The van der Waals surface area contributed by atoms with Gasteiger partial charge in [-0.25, -0.2) is 0 Å². The lowest BCUT2D eigenvalue weighted by atomic mass is 10.1. The van der Waals surface area contributed by atoms with Gasteiger partial charge in [0.25, 0.3) is 0 Å². The molecule has 0 aromatic carbocycles. The van der Waals surface area contributed by atoms with Crippen LogP contribution >= 0.6 is 0 Å². The normalized spacial score (nSPS) is 34.5. The van der Waals surface area contributed by atoms with Crippen molar-refractivity contribution in [3.63, 3.8) is 0 Å². The Morgan fingerprint density at radius 3 is 3.15 bits per heavy atom. The molecule has 2 atom stereocenters. The zero-order valence-corrected chi connectivity index (χ0v) is 8.16. The van der Waals surface area contributed by atoms with Gasteiger partial charge in [0, 0.05) is 12.6 Å². The third-order valence-corrected chi connectivity index (χ3v) is 3.02. The van der Waals surface area contributed by atoms with E-state index in [9.17, 15) is 4.79 Å². The monoisotopic (exact) mass is 183 g/mol. The van der Waals surface area contributed by atoms with Crippen LogP contribution < -0.4 is 0 Å². The summed E-state index contributed by atoms with van der Waals surface area (Å²) in [7, 11) is 0. The molecule has 2 rings (SSSR count). The summed E-state index contributed by atoms with van der Waals surface area (Å²) in [6, 6.07) is 0.526. The summed E-state index contributed by atoms with van der Waals surface area (Å²) in [4.78, 5) is 13.3. The molecule has 0 N–H and O–H groups in total. The minimum absolute atomic E-state index is 0.271. The van der Waals surface area contributed by atoms with Gasteiger partial charge in [-0.15, -0.1) is 0 Å². The van der Waals surface area contributed by atoms with Crippen molar-refractivity contribution in [2.75, 3.05) is 19.7 Å². The first-order valence-corrected chi connectivity index (χ1v) is 5.12. The highest BCUT2D eigenvalue weighted by molar-refractivity contribution is 5.77. The number of Topliss-reactive ketones (excluding diaryl/α,β-unsaturated/α-hetero) is 1. The van der Waals surface area contributed by atoms with Crippen molar-refractivity contribution in [1.82, 2.24) is 4.90 Å². The van der Waals surface area contributed by atoms with Crippen LogP contribution in [0.4, 0.5) is 0 Å². The highest BCUT2D eigenvalue weighted by Crippen LogP contribution is 2.29. The Balaban J connectivity index is 1.97. The second-order valence-electron chi connectivity index (χ2n) is 4.08. The van der Waals surface area contributed by atoms with E-state index in [4.69, 9.17) is 4.74 Å². The molecule has 0 aromatic heterocycles. The third-order valence-electron chi connectivity index (χ3n) is 3.02. The molecule has 1 aliphatic carbocycles. The molecule has 3 heteroatoms. The van der Waals surface area contributed by atoms with Crippen molar-refractivity contribution in [1.29, 1.82) is 0 Å². The van der Waals surface area contributed by atoms with E-state index in [2.05, 4.69) is 4.90 Å². The molecule has 0 bridgehead atoms. The number of nitrogens with zero attached hydrogens (tertiary/aromatic N) is 1. The summed E-state index contributed by atoms with van der Waals surface area (Å²) >= 11 is 0. The summed E-state index contributed by atoms with van der Waals surface area (Å²) in [6.45, 7) is 4.01. The maximum atomic E-state index is 11.0. The molecule has 0 radical (unpaired) electrons. The van der Waals surface area contributed by atoms with Crippen molar-refractivity contribution >= 4 is 5.78 Å². The summed E-state index contributed by atoms with van der Waals surface area (Å²) in [5, 5.41) is 0. The fourth-order valence-corrected chi connectivity index (χ4v) is 2.49. The number of morpholine rings is 1. The van der Waals surface area contributed by atoms with E-state index in [-0.39, 0.29) is 5.78 Å². The number of fused-ring (bicyclic) bond motifs is 1. The fourth-order valence-electron chi connectivity index (χ4n) is 2.49. The lowest BCUT2D eigenvalue weighted by molar-refractivity contribution is -0.122. The topological polar surface area (TPSA) is 29.5 Å². The molecular formula is C10H17NO2. The number of carbonyl (C=O) groups excluding carboxylic acids is 1. The molecule has 2 fully saturated rings. The van der Waals surface area contributed by atoms with Crippen molar-refractivity contribution in [3.05, 3.63) is 0 Å². The fraction of sp³-hybridized carbons (Fsp3) is 0.900. The van der Waals surface area contributed by atoms with Crippen molar-refractivity contribution in [3.8, 4) is 0 Å². The maximum absolute atomic E-state index is 11.0. The Bertz CT molecular complexity index is 205. The summed E-state index contributed by atoms with van der Waals surface area (Å²) in [5.41, 5.74) is 0. The molecule has 1 saturated heterocycles. The highest BCUT2D eigenvalue weighted by Gasteiger charge is 2.35. The predicted octanol–water partition coefficient (Wildman–Crippen LogP) is 0.829. The van der Waals surface area contributed by atoms with E-state index >= 15 is 0 Å². The van der Waals surface area contributed by atoms with Crippen LogP contribution in [-0.2, 0) is 9.53 Å². The number of carbonyl (C=O) groups is 1. The maximum Gasteiger partial charge on any atom is 0.143 e. The molecular weight excluding hydrogens is 166 g/mol. The average molecular weight is 183 g/mol. The number of hydrogen-bond acceptors (Lipinski definition) is 3. The van der Waals surface area contributed by atoms with Crippen LogP contribution in [0, 0.1) is 0 Å². The Morgan fingerprint density at radius 2 is 2.38 bits per heavy atom. The van der Waals surface area contributed by atoms with E-state index in [1.54, 1.807) is 6.92 Å². The quantitative estimate of drug-likeness (QED) is 0.635. The van der Waals surface area contributed by atoms with Crippen LogP contribution in [0.1, 0.15) is 26.2 Å². The second kappa shape index (κ2) is 3.76. The zero-order valence-electron chi connectivity index (χ0n) is 8.16. The number of ether oxygens (including phenoxy) is 1. The largest absolute Gasteiger partial charge is 0.375 e. The van der Waals surface area contributed by atoms with Crippen LogP contribution in [-0.4, -0.2) is 42.5 Å². The zero-order chi connectivity index (χ0) is 9.26. The Labute approximate surface area is 79.0 Å². The summed E-state index contributed by atoms with van der Waals surface area (Å²) in [6.07, 6.45) is 4.05. The van der Waals surface area contributed by atoms with Gasteiger partial charge in [0.15, 0.2) is 0 Å². The van der Waals surface area contributed by atoms with Gasteiger partial charge in [-0.1, -0.05) is 0 Å². The Kier molecular flexibility index (Phi) is 2.65. The Morgan fingerprint density at radius 1 is 1.54 bits per heavy atom. The molecule has 0 aromatic rings. The molecule has 0 amide bonds. The SMILES string of the molecule is CC(=O)CN1CCOC2CCCC21. The summed E-state index contributed by atoms with van der Waals surface area (Å²) < 4.78 is 5.66. The minimum Gasteiger partial charge on any atom is -0.375 e. The Hall–Kier alpha value is -0.410. The standard InChI is InChI=1S/C10H17NO2/c1-8(12)7-11-5-6-13-10-4-2-3-9(10)11/h9-10H,2-7H2,1H3. The molecule has 1 heterocycles. The average Bonchev–Trinajstić information content (AvgIpc) is 2.51. The second-order valence-corrected chi connectivity index (χ2v) is 4.08. The smallest absolute Gasteiger partial charge is 0.143 e. The lowest BCUT2D eigenvalue weighted by Gasteiger charge is -2.36. The van der Waals surface area contributed by atoms with Gasteiger partial charge in [0.2, 0.25) is 0 Å². The first-order valence-electron chi connectivity index (χ1n) is 5.12. The third kappa shape index (κ3) is 1.92. The molecule has 3 nitrogen and oxygen atoms in total. The van der Waals surface area contributed by atoms with Crippen LogP contribution in [0.5, 0.6) is 0 Å². The first-order chi connectivity index (χ1) is 6.27. The highest BCUT2D eigenvalue weighted by atomic mass is 16.5. The van der Waals surface area contributed by atoms with Crippen LogP contribution in [0.3, 0.4) is 0 Å². The van der Waals surface area contributed by atoms with Crippen molar-refractivity contribution in [2.24, 2.45) is 0 Å². The van der Waals surface area contributed by atoms with E-state index in [0.29, 0.717) is 18.7 Å². The molecule has 13 heavy (non-hydrogen) atoms. The van der Waals surface area contributed by atoms with Crippen molar-refractivity contribution in [2.45, 2.75) is 38.3 Å². The van der Waals surface area contributed by atoms with Gasteiger partial charge < -0.3 is 4.74 Å². The van der Waals surface area contributed by atoms with E-state index < -0.39 is 0 Å². The number of hydrogen-bond donors (Lipinski definition) is 0. The van der Waals surface area contributed by atoms with Gasteiger partial charge in [0.1, 0.15) is 5.78 Å².